The van der Waals surface area contributed by atoms with Crippen molar-refractivity contribution >= 4 is 35.2 Å². The van der Waals surface area contributed by atoms with Crippen LogP contribution in [0.25, 0.3) is 6.08 Å². The molecule has 0 atom stereocenters. The number of benzene rings is 1. The summed E-state index contributed by atoms with van der Waals surface area (Å²) in [5.41, 5.74) is -0.158. The summed E-state index contributed by atoms with van der Waals surface area (Å²) < 4.78 is 0. The number of nitrogens with zero attached hydrogens (tertiary/aromatic N) is 1. The molecule has 20 heavy (non-hydrogen) atoms. The smallest absolute Gasteiger partial charge is 0.246 e. The highest BCUT2D eigenvalue weighted by molar-refractivity contribution is 6.34. The molecule has 5 heteroatoms. The fraction of sp³-hybridized carbons (Fsp3) is 0.400. The van der Waals surface area contributed by atoms with Gasteiger partial charge in [0.05, 0.1) is 5.60 Å². The first kappa shape index (κ1) is 17.0. The van der Waals surface area contributed by atoms with Crippen LogP contribution in [-0.4, -0.2) is 34.6 Å². The third kappa shape index (κ3) is 5.95. The molecule has 0 aliphatic rings. The molecule has 0 aliphatic carbocycles. The van der Waals surface area contributed by atoms with Gasteiger partial charge < -0.3 is 10.0 Å². The molecule has 1 aromatic carbocycles. The lowest BCUT2D eigenvalue weighted by Gasteiger charge is -2.27. The molecule has 1 aromatic rings. The van der Waals surface area contributed by atoms with Crippen molar-refractivity contribution in [3.63, 3.8) is 0 Å². The number of likely N-dealkylation sites (N-methyl/N-ethyl adjacent to an activating group) is 1. The molecular formula is C15H19Cl2NO2. The zero-order chi connectivity index (χ0) is 15.3. The Bertz CT molecular complexity index is 487. The highest BCUT2D eigenvalue weighted by atomic mass is 35.5. The molecule has 1 amide bonds. The second-order valence-electron chi connectivity index (χ2n) is 5.20. The number of hydrogen-bond acceptors (Lipinski definition) is 2. The number of aliphatic hydroxyl groups is 1. The van der Waals surface area contributed by atoms with Crippen molar-refractivity contribution in [1.82, 2.24) is 4.90 Å². The SMILES string of the molecule is CCN(CC(C)(C)O)C(=O)C=Cc1cc(Cl)cc(Cl)c1. The van der Waals surface area contributed by atoms with E-state index in [1.54, 1.807) is 43.0 Å². The van der Waals surface area contributed by atoms with Crippen molar-refractivity contribution in [1.29, 1.82) is 0 Å². The van der Waals surface area contributed by atoms with Gasteiger partial charge in [-0.3, -0.25) is 4.79 Å². The van der Waals surface area contributed by atoms with E-state index in [0.29, 0.717) is 16.6 Å². The van der Waals surface area contributed by atoms with E-state index in [-0.39, 0.29) is 12.5 Å². The number of amides is 1. The van der Waals surface area contributed by atoms with Gasteiger partial charge in [0.1, 0.15) is 0 Å². The Balaban J connectivity index is 2.79. The Morgan fingerprint density at radius 2 is 1.85 bits per heavy atom. The van der Waals surface area contributed by atoms with Gasteiger partial charge >= 0.3 is 0 Å². The van der Waals surface area contributed by atoms with Crippen molar-refractivity contribution in [3.05, 3.63) is 39.9 Å². The van der Waals surface area contributed by atoms with Gasteiger partial charge in [0.2, 0.25) is 5.91 Å². The molecule has 1 rings (SSSR count). The van der Waals surface area contributed by atoms with Crippen LogP contribution in [0.15, 0.2) is 24.3 Å². The summed E-state index contributed by atoms with van der Waals surface area (Å²) in [6.45, 7) is 6.02. The normalized spacial score (nSPS) is 11.9. The minimum atomic E-state index is -0.918. The van der Waals surface area contributed by atoms with E-state index >= 15 is 0 Å². The second kappa shape index (κ2) is 7.11. The lowest BCUT2D eigenvalue weighted by Crippen LogP contribution is -2.41. The van der Waals surface area contributed by atoms with Crippen molar-refractivity contribution in [3.8, 4) is 0 Å². The van der Waals surface area contributed by atoms with Crippen LogP contribution < -0.4 is 0 Å². The van der Waals surface area contributed by atoms with Crippen LogP contribution in [-0.2, 0) is 4.79 Å². The molecule has 3 nitrogen and oxygen atoms in total. The van der Waals surface area contributed by atoms with Gasteiger partial charge in [-0.25, -0.2) is 0 Å². The van der Waals surface area contributed by atoms with Gasteiger partial charge in [0, 0.05) is 29.2 Å². The second-order valence-corrected chi connectivity index (χ2v) is 6.07. The molecule has 0 saturated heterocycles. The molecule has 0 unspecified atom stereocenters. The van der Waals surface area contributed by atoms with Gasteiger partial charge in [-0.15, -0.1) is 0 Å². The molecule has 0 heterocycles. The summed E-state index contributed by atoms with van der Waals surface area (Å²) in [5, 5.41) is 10.8. The van der Waals surface area contributed by atoms with Gasteiger partial charge in [-0.2, -0.15) is 0 Å². The predicted octanol–water partition coefficient (Wildman–Crippen LogP) is 3.63. The van der Waals surface area contributed by atoms with Crippen LogP contribution in [0.4, 0.5) is 0 Å². The molecular weight excluding hydrogens is 297 g/mol. The van der Waals surface area contributed by atoms with Crippen LogP contribution in [0.2, 0.25) is 10.0 Å². The van der Waals surface area contributed by atoms with Gasteiger partial charge in [-0.1, -0.05) is 23.2 Å². The average Bonchev–Trinajstić information content (AvgIpc) is 2.30. The first-order valence-electron chi connectivity index (χ1n) is 6.37. The van der Waals surface area contributed by atoms with Crippen molar-refractivity contribution in [2.75, 3.05) is 13.1 Å². The zero-order valence-corrected chi connectivity index (χ0v) is 13.4. The highest BCUT2D eigenvalue weighted by Gasteiger charge is 2.19. The van der Waals surface area contributed by atoms with Crippen molar-refractivity contribution in [2.24, 2.45) is 0 Å². The lowest BCUT2D eigenvalue weighted by atomic mass is 10.1. The van der Waals surface area contributed by atoms with Crippen molar-refractivity contribution in [2.45, 2.75) is 26.4 Å². The molecule has 0 aliphatic heterocycles. The monoisotopic (exact) mass is 315 g/mol. The zero-order valence-electron chi connectivity index (χ0n) is 11.9. The third-order valence-electron chi connectivity index (χ3n) is 2.57. The Kier molecular flexibility index (Phi) is 6.06. The Labute approximate surface area is 129 Å². The van der Waals surface area contributed by atoms with E-state index in [1.807, 2.05) is 6.92 Å². The van der Waals surface area contributed by atoms with E-state index in [2.05, 4.69) is 0 Å². The minimum absolute atomic E-state index is 0.161. The summed E-state index contributed by atoms with van der Waals surface area (Å²) >= 11 is 11.8. The molecule has 0 radical (unpaired) electrons. The Morgan fingerprint density at radius 3 is 2.30 bits per heavy atom. The summed E-state index contributed by atoms with van der Waals surface area (Å²) in [5.74, 6) is -0.161. The van der Waals surface area contributed by atoms with E-state index in [9.17, 15) is 9.90 Å². The topological polar surface area (TPSA) is 40.5 Å². The maximum Gasteiger partial charge on any atom is 0.246 e. The number of halogens is 2. The van der Waals surface area contributed by atoms with E-state index in [4.69, 9.17) is 23.2 Å². The number of hydrogen-bond donors (Lipinski definition) is 1. The molecule has 1 N–H and O–H groups in total. The van der Waals surface area contributed by atoms with Gasteiger partial charge in [-0.05, 0) is 50.6 Å². The first-order chi connectivity index (χ1) is 9.21. The maximum atomic E-state index is 12.1. The lowest BCUT2D eigenvalue weighted by molar-refractivity contribution is -0.128. The summed E-state index contributed by atoms with van der Waals surface area (Å²) in [6.07, 6.45) is 3.12. The molecule has 0 spiro atoms. The van der Waals surface area contributed by atoms with Crippen LogP contribution in [0.5, 0.6) is 0 Å². The van der Waals surface area contributed by atoms with Crippen molar-refractivity contribution < 1.29 is 9.90 Å². The number of carbonyl (C=O) groups excluding carboxylic acids is 1. The van der Waals surface area contributed by atoms with Gasteiger partial charge in [0.15, 0.2) is 0 Å². The van der Waals surface area contributed by atoms with Crippen LogP contribution in [0.3, 0.4) is 0 Å². The minimum Gasteiger partial charge on any atom is -0.389 e. The first-order valence-corrected chi connectivity index (χ1v) is 7.12. The van der Waals surface area contributed by atoms with Crippen LogP contribution in [0.1, 0.15) is 26.3 Å². The van der Waals surface area contributed by atoms with E-state index in [0.717, 1.165) is 5.56 Å². The standard InChI is InChI=1S/C15H19Cl2NO2/c1-4-18(10-15(2,3)20)14(19)6-5-11-7-12(16)9-13(17)8-11/h5-9,20H,4,10H2,1-3H3. The van der Waals surface area contributed by atoms with Gasteiger partial charge in [0.25, 0.3) is 0 Å². The predicted molar refractivity (Wildman–Crippen MR) is 84.0 cm³/mol. The van der Waals surface area contributed by atoms with E-state index in [1.165, 1.54) is 6.08 Å². The maximum absolute atomic E-state index is 12.1. The van der Waals surface area contributed by atoms with Crippen LogP contribution >= 0.6 is 23.2 Å². The Hall–Kier alpha value is -1.03. The third-order valence-corrected chi connectivity index (χ3v) is 3.01. The summed E-state index contributed by atoms with van der Waals surface area (Å²) in [7, 11) is 0. The summed E-state index contributed by atoms with van der Waals surface area (Å²) in [6, 6.07) is 5.09. The average molecular weight is 316 g/mol. The summed E-state index contributed by atoms with van der Waals surface area (Å²) in [4.78, 5) is 13.6. The highest BCUT2D eigenvalue weighted by Crippen LogP contribution is 2.20. The quantitative estimate of drug-likeness (QED) is 0.843. The molecule has 0 fully saturated rings. The van der Waals surface area contributed by atoms with Crippen LogP contribution in [0, 0.1) is 0 Å². The van der Waals surface area contributed by atoms with E-state index < -0.39 is 5.60 Å². The largest absolute Gasteiger partial charge is 0.389 e. The number of rotatable bonds is 5. The fourth-order valence-electron chi connectivity index (χ4n) is 1.76. The molecule has 0 bridgehead atoms. The molecule has 0 aromatic heterocycles. The number of carbonyl (C=O) groups is 1. The molecule has 0 saturated carbocycles. The Morgan fingerprint density at radius 1 is 1.30 bits per heavy atom. The molecule has 110 valence electrons. The fourth-order valence-corrected chi connectivity index (χ4v) is 2.30.